The second kappa shape index (κ2) is 7.91. The minimum Gasteiger partial charge on any atom is -0.356 e. The van der Waals surface area contributed by atoms with Crippen LogP contribution in [0, 0.1) is 3.57 Å². The number of urea groups is 1. The van der Waals surface area contributed by atoms with Crippen LogP contribution in [0.1, 0.15) is 13.3 Å². The highest BCUT2D eigenvalue weighted by molar-refractivity contribution is 14.1. The Hall–Kier alpha value is -1.31. The monoisotopic (exact) mass is 361 g/mol. The molecule has 0 aliphatic heterocycles. The molecule has 0 saturated heterocycles. The first-order chi connectivity index (χ1) is 8.58. The van der Waals surface area contributed by atoms with Crippen LogP contribution < -0.4 is 16.0 Å². The van der Waals surface area contributed by atoms with Crippen LogP contribution in [0.2, 0.25) is 0 Å². The lowest BCUT2D eigenvalue weighted by Gasteiger charge is -2.08. The summed E-state index contributed by atoms with van der Waals surface area (Å²) in [6.07, 6.45) is 0.708. The van der Waals surface area contributed by atoms with Crippen molar-refractivity contribution < 1.29 is 9.59 Å². The van der Waals surface area contributed by atoms with E-state index in [0.29, 0.717) is 19.5 Å². The third kappa shape index (κ3) is 6.43. The molecule has 0 aliphatic rings. The number of nitrogens with one attached hydrogen (secondary N) is 3. The van der Waals surface area contributed by atoms with Crippen LogP contribution in [0.15, 0.2) is 24.3 Å². The average molecular weight is 361 g/mol. The Morgan fingerprint density at radius 2 is 1.94 bits per heavy atom. The molecule has 1 aromatic rings. The molecule has 0 spiro atoms. The van der Waals surface area contributed by atoms with E-state index in [0.717, 1.165) is 9.26 Å². The summed E-state index contributed by atoms with van der Waals surface area (Å²) in [6.45, 7) is 2.56. The zero-order valence-electron chi connectivity index (χ0n) is 10.1. The van der Waals surface area contributed by atoms with E-state index in [-0.39, 0.29) is 11.9 Å². The molecule has 5 nitrogen and oxygen atoms in total. The summed E-state index contributed by atoms with van der Waals surface area (Å²) >= 11 is 2.19. The van der Waals surface area contributed by atoms with Gasteiger partial charge in [-0.2, -0.15) is 0 Å². The van der Waals surface area contributed by atoms with E-state index in [1.165, 1.54) is 6.92 Å². The van der Waals surface area contributed by atoms with Crippen molar-refractivity contribution in [2.75, 3.05) is 18.4 Å². The number of anilines is 1. The van der Waals surface area contributed by atoms with Crippen LogP contribution in [-0.4, -0.2) is 25.0 Å². The molecule has 1 aromatic carbocycles. The zero-order valence-corrected chi connectivity index (χ0v) is 12.3. The van der Waals surface area contributed by atoms with E-state index >= 15 is 0 Å². The average Bonchev–Trinajstić information content (AvgIpc) is 2.28. The molecule has 98 valence electrons. The predicted octanol–water partition coefficient (Wildman–Crippen LogP) is 1.94. The normalized spacial score (nSPS) is 9.67. The van der Waals surface area contributed by atoms with Crippen molar-refractivity contribution in [1.29, 1.82) is 0 Å². The minimum atomic E-state index is -0.236. The van der Waals surface area contributed by atoms with Gasteiger partial charge in [0, 0.05) is 29.3 Å². The number of amides is 3. The molecular formula is C12H16IN3O2. The minimum absolute atomic E-state index is 0.0571. The Morgan fingerprint density at radius 3 is 2.61 bits per heavy atom. The number of benzene rings is 1. The van der Waals surface area contributed by atoms with Crippen LogP contribution >= 0.6 is 22.6 Å². The summed E-state index contributed by atoms with van der Waals surface area (Å²) in [6, 6.07) is 7.32. The molecule has 0 heterocycles. The van der Waals surface area contributed by atoms with Crippen LogP contribution in [0.4, 0.5) is 10.5 Å². The number of halogens is 1. The highest BCUT2D eigenvalue weighted by Gasteiger charge is 2.00. The van der Waals surface area contributed by atoms with Gasteiger partial charge in [-0.05, 0) is 47.2 Å². The molecular weight excluding hydrogens is 345 g/mol. The molecule has 0 fully saturated rings. The van der Waals surface area contributed by atoms with Crippen LogP contribution in [0.25, 0.3) is 0 Å². The molecule has 0 unspecified atom stereocenters. The maximum atomic E-state index is 11.5. The van der Waals surface area contributed by atoms with Crippen molar-refractivity contribution in [3.8, 4) is 0 Å². The highest BCUT2D eigenvalue weighted by Crippen LogP contribution is 2.11. The largest absolute Gasteiger partial charge is 0.356 e. The lowest BCUT2D eigenvalue weighted by Crippen LogP contribution is -2.31. The Balaban J connectivity index is 2.20. The predicted molar refractivity (Wildman–Crippen MR) is 79.5 cm³/mol. The van der Waals surface area contributed by atoms with E-state index in [2.05, 4.69) is 38.5 Å². The van der Waals surface area contributed by atoms with Crippen LogP contribution in [0.5, 0.6) is 0 Å². The van der Waals surface area contributed by atoms with Gasteiger partial charge in [0.05, 0.1) is 0 Å². The van der Waals surface area contributed by atoms with Crippen LogP contribution in [0.3, 0.4) is 0 Å². The Kier molecular flexibility index (Phi) is 6.48. The van der Waals surface area contributed by atoms with Crippen LogP contribution in [-0.2, 0) is 4.79 Å². The Labute approximate surface area is 120 Å². The fourth-order valence-electron chi connectivity index (χ4n) is 1.30. The number of hydrogen-bond donors (Lipinski definition) is 3. The summed E-state index contributed by atoms with van der Waals surface area (Å²) in [5.74, 6) is -0.0571. The third-order valence-electron chi connectivity index (χ3n) is 2.10. The molecule has 0 radical (unpaired) electrons. The van der Waals surface area contributed by atoms with Crippen molar-refractivity contribution in [3.63, 3.8) is 0 Å². The van der Waals surface area contributed by atoms with Gasteiger partial charge in [0.2, 0.25) is 5.91 Å². The molecule has 0 bridgehead atoms. The first-order valence-electron chi connectivity index (χ1n) is 5.63. The van der Waals surface area contributed by atoms with Gasteiger partial charge in [0.15, 0.2) is 0 Å². The smallest absolute Gasteiger partial charge is 0.319 e. The lowest BCUT2D eigenvalue weighted by atomic mass is 10.3. The van der Waals surface area contributed by atoms with E-state index < -0.39 is 0 Å². The topological polar surface area (TPSA) is 70.2 Å². The molecule has 18 heavy (non-hydrogen) atoms. The van der Waals surface area contributed by atoms with Gasteiger partial charge < -0.3 is 16.0 Å². The van der Waals surface area contributed by atoms with Gasteiger partial charge in [0.1, 0.15) is 0 Å². The highest BCUT2D eigenvalue weighted by atomic mass is 127. The van der Waals surface area contributed by atoms with E-state index in [1.807, 2.05) is 24.3 Å². The number of rotatable bonds is 5. The molecule has 0 saturated carbocycles. The van der Waals surface area contributed by atoms with Gasteiger partial charge in [-0.25, -0.2) is 4.79 Å². The Morgan fingerprint density at radius 1 is 1.22 bits per heavy atom. The first kappa shape index (κ1) is 14.7. The lowest BCUT2D eigenvalue weighted by molar-refractivity contribution is -0.118. The third-order valence-corrected chi connectivity index (χ3v) is 2.77. The summed E-state index contributed by atoms with van der Waals surface area (Å²) in [5, 5.41) is 8.13. The van der Waals surface area contributed by atoms with E-state index in [4.69, 9.17) is 0 Å². The van der Waals surface area contributed by atoms with Crippen molar-refractivity contribution >= 4 is 40.2 Å². The summed E-state index contributed by atoms with van der Waals surface area (Å²) in [4.78, 5) is 22.1. The second-order valence-electron chi connectivity index (χ2n) is 3.73. The Bertz CT molecular complexity index is 424. The fraction of sp³-hybridized carbons (Fsp3) is 0.333. The molecule has 0 atom stereocenters. The second-order valence-corrected chi connectivity index (χ2v) is 4.97. The molecule has 1 rings (SSSR count). The van der Waals surface area contributed by atoms with Gasteiger partial charge in [-0.15, -0.1) is 0 Å². The van der Waals surface area contributed by atoms with Gasteiger partial charge in [0.25, 0.3) is 0 Å². The number of carbonyl (C=O) groups is 2. The SMILES string of the molecule is CC(=O)NCCCNC(=O)Nc1cccc(I)c1. The molecule has 3 N–H and O–H groups in total. The summed E-state index contributed by atoms with van der Waals surface area (Å²) < 4.78 is 1.07. The van der Waals surface area contributed by atoms with Gasteiger partial charge in [-0.1, -0.05) is 6.07 Å². The standard InChI is InChI=1S/C12H16IN3O2/c1-9(17)14-6-3-7-15-12(18)16-11-5-2-4-10(13)8-11/h2,4-5,8H,3,6-7H2,1H3,(H,14,17)(H2,15,16,18). The molecule has 0 aromatic heterocycles. The molecule has 3 amide bonds. The van der Waals surface area contributed by atoms with Gasteiger partial charge in [-0.3, -0.25) is 4.79 Å². The van der Waals surface area contributed by atoms with Crippen molar-refractivity contribution in [2.24, 2.45) is 0 Å². The summed E-state index contributed by atoms with van der Waals surface area (Å²) in [5.41, 5.74) is 0.765. The maximum absolute atomic E-state index is 11.5. The van der Waals surface area contributed by atoms with E-state index in [1.54, 1.807) is 0 Å². The van der Waals surface area contributed by atoms with Crippen molar-refractivity contribution in [2.45, 2.75) is 13.3 Å². The zero-order chi connectivity index (χ0) is 13.4. The molecule has 0 aliphatic carbocycles. The molecule has 6 heteroatoms. The van der Waals surface area contributed by atoms with E-state index in [9.17, 15) is 9.59 Å². The van der Waals surface area contributed by atoms with Crippen molar-refractivity contribution in [1.82, 2.24) is 10.6 Å². The quantitative estimate of drug-likeness (QED) is 0.554. The first-order valence-corrected chi connectivity index (χ1v) is 6.70. The van der Waals surface area contributed by atoms with Crippen molar-refractivity contribution in [3.05, 3.63) is 27.8 Å². The number of carbonyl (C=O) groups excluding carboxylic acids is 2. The summed E-state index contributed by atoms with van der Waals surface area (Å²) in [7, 11) is 0. The number of hydrogen-bond acceptors (Lipinski definition) is 2. The maximum Gasteiger partial charge on any atom is 0.319 e. The van der Waals surface area contributed by atoms with Gasteiger partial charge >= 0.3 is 6.03 Å². The fourth-order valence-corrected chi connectivity index (χ4v) is 1.84.